The van der Waals surface area contributed by atoms with Gasteiger partial charge in [0.2, 0.25) is 0 Å². The summed E-state index contributed by atoms with van der Waals surface area (Å²) in [5.41, 5.74) is 1.33. The van der Waals surface area contributed by atoms with E-state index in [2.05, 4.69) is 10.3 Å². The molecule has 2 N–H and O–H groups in total. The number of hydrogen-bond acceptors (Lipinski definition) is 5. The number of rotatable bonds is 5. The van der Waals surface area contributed by atoms with Crippen molar-refractivity contribution < 1.29 is 19.1 Å². The molecule has 106 valence electrons. The second kappa shape index (κ2) is 5.13. The molecule has 0 spiro atoms. The molecule has 0 saturated heterocycles. The quantitative estimate of drug-likeness (QED) is 0.872. The monoisotopic (exact) mass is 276 g/mol. The van der Waals surface area contributed by atoms with E-state index in [0.29, 0.717) is 29.3 Å². The first kappa shape index (κ1) is 12.9. The van der Waals surface area contributed by atoms with Crippen LogP contribution >= 0.6 is 0 Å². The Bertz CT molecular complexity index is 631. The van der Waals surface area contributed by atoms with Gasteiger partial charge in [0.15, 0.2) is 5.58 Å². The minimum Gasteiger partial charge on any atom is -0.478 e. The summed E-state index contributed by atoms with van der Waals surface area (Å²) in [4.78, 5) is 15.2. The van der Waals surface area contributed by atoms with Gasteiger partial charge in [-0.2, -0.15) is 4.98 Å². The molecule has 0 unspecified atom stereocenters. The normalized spacial score (nSPS) is 21.6. The van der Waals surface area contributed by atoms with Crippen LogP contribution in [0.25, 0.3) is 11.1 Å². The van der Waals surface area contributed by atoms with Gasteiger partial charge >= 0.3 is 5.97 Å². The predicted molar refractivity (Wildman–Crippen MR) is 73.0 cm³/mol. The largest absolute Gasteiger partial charge is 0.478 e. The van der Waals surface area contributed by atoms with Gasteiger partial charge in [-0.25, -0.2) is 4.79 Å². The number of fused-ring (bicyclic) bond motifs is 1. The van der Waals surface area contributed by atoms with Crippen molar-refractivity contribution in [3.8, 4) is 0 Å². The molecule has 1 heterocycles. The lowest BCUT2D eigenvalue weighted by Crippen LogP contribution is -2.40. The van der Waals surface area contributed by atoms with Crippen molar-refractivity contribution in [3.05, 3.63) is 23.8 Å². The first-order valence-electron chi connectivity index (χ1n) is 6.67. The fourth-order valence-electron chi connectivity index (χ4n) is 2.35. The molecule has 0 atom stereocenters. The Hall–Kier alpha value is -2.08. The third kappa shape index (κ3) is 2.46. The van der Waals surface area contributed by atoms with Gasteiger partial charge in [0.05, 0.1) is 11.7 Å². The van der Waals surface area contributed by atoms with E-state index in [1.54, 1.807) is 6.07 Å². The van der Waals surface area contributed by atoms with Crippen LogP contribution in [0.5, 0.6) is 0 Å². The zero-order valence-corrected chi connectivity index (χ0v) is 11.1. The van der Waals surface area contributed by atoms with Crippen molar-refractivity contribution >= 4 is 23.1 Å². The molecule has 1 fully saturated rings. The Morgan fingerprint density at radius 1 is 1.55 bits per heavy atom. The highest BCUT2D eigenvalue weighted by molar-refractivity contribution is 5.92. The fourth-order valence-corrected chi connectivity index (χ4v) is 2.35. The minimum absolute atomic E-state index is 0.195. The topological polar surface area (TPSA) is 84.6 Å². The van der Waals surface area contributed by atoms with Gasteiger partial charge < -0.3 is 19.6 Å². The summed E-state index contributed by atoms with van der Waals surface area (Å²) in [7, 11) is 0. The molecule has 1 aliphatic rings. The van der Waals surface area contributed by atoms with E-state index >= 15 is 0 Å². The van der Waals surface area contributed by atoms with Crippen LogP contribution in [0.4, 0.5) is 6.01 Å². The Labute approximate surface area is 115 Å². The lowest BCUT2D eigenvalue weighted by Gasteiger charge is -2.34. The fraction of sp³-hybridized carbons (Fsp3) is 0.429. The number of benzene rings is 1. The molecule has 1 saturated carbocycles. The SMILES string of the molecule is CCOC1CC(Nc2nc3ccc(C(=O)O)cc3o2)C1. The van der Waals surface area contributed by atoms with Crippen LogP contribution in [0.2, 0.25) is 0 Å². The molecule has 0 radical (unpaired) electrons. The average molecular weight is 276 g/mol. The second-order valence-electron chi connectivity index (χ2n) is 4.90. The van der Waals surface area contributed by atoms with Crippen molar-refractivity contribution in [2.24, 2.45) is 0 Å². The second-order valence-corrected chi connectivity index (χ2v) is 4.90. The number of carboxylic acids is 1. The van der Waals surface area contributed by atoms with E-state index in [4.69, 9.17) is 14.3 Å². The summed E-state index contributed by atoms with van der Waals surface area (Å²) in [6.07, 6.45) is 2.19. The summed E-state index contributed by atoms with van der Waals surface area (Å²) in [5, 5.41) is 12.1. The molecular weight excluding hydrogens is 260 g/mol. The molecule has 1 aliphatic carbocycles. The van der Waals surface area contributed by atoms with Crippen LogP contribution < -0.4 is 5.32 Å². The molecule has 0 aliphatic heterocycles. The maximum absolute atomic E-state index is 10.9. The Balaban J connectivity index is 1.69. The summed E-state index contributed by atoms with van der Waals surface area (Å²) in [6, 6.07) is 5.39. The molecule has 1 aromatic carbocycles. The number of hydrogen-bond donors (Lipinski definition) is 2. The zero-order chi connectivity index (χ0) is 14.1. The van der Waals surface area contributed by atoms with Gasteiger partial charge in [-0.3, -0.25) is 0 Å². The smallest absolute Gasteiger partial charge is 0.335 e. The summed E-state index contributed by atoms with van der Waals surface area (Å²) in [6.45, 7) is 2.72. The van der Waals surface area contributed by atoms with Gasteiger partial charge in [-0.1, -0.05) is 0 Å². The third-order valence-electron chi connectivity index (χ3n) is 3.46. The van der Waals surface area contributed by atoms with Crippen LogP contribution in [-0.4, -0.2) is 34.8 Å². The van der Waals surface area contributed by atoms with Crippen LogP contribution in [0.15, 0.2) is 22.6 Å². The minimum atomic E-state index is -0.976. The lowest BCUT2D eigenvalue weighted by molar-refractivity contribution is 0.00259. The highest BCUT2D eigenvalue weighted by Crippen LogP contribution is 2.28. The number of carbonyl (C=O) groups is 1. The number of ether oxygens (including phenoxy) is 1. The first-order chi connectivity index (χ1) is 9.65. The van der Waals surface area contributed by atoms with Crippen molar-refractivity contribution in [2.45, 2.75) is 31.9 Å². The Kier molecular flexibility index (Phi) is 3.31. The van der Waals surface area contributed by atoms with Gasteiger partial charge in [0.25, 0.3) is 6.01 Å². The van der Waals surface area contributed by atoms with Crippen molar-refractivity contribution in [1.29, 1.82) is 0 Å². The predicted octanol–water partition coefficient (Wildman–Crippen LogP) is 2.51. The highest BCUT2D eigenvalue weighted by atomic mass is 16.5. The third-order valence-corrected chi connectivity index (χ3v) is 3.46. The van der Waals surface area contributed by atoms with Crippen LogP contribution in [-0.2, 0) is 4.74 Å². The molecule has 0 amide bonds. The summed E-state index contributed by atoms with van der Waals surface area (Å²) < 4.78 is 11.0. The molecule has 2 aromatic rings. The van der Waals surface area contributed by atoms with E-state index < -0.39 is 5.97 Å². The first-order valence-corrected chi connectivity index (χ1v) is 6.67. The number of anilines is 1. The highest BCUT2D eigenvalue weighted by Gasteiger charge is 2.30. The molecule has 0 bridgehead atoms. The molecule has 3 rings (SSSR count). The van der Waals surface area contributed by atoms with E-state index in [-0.39, 0.29) is 5.56 Å². The standard InChI is InChI=1S/C14H16N2O4/c1-2-19-10-6-9(7-10)15-14-16-11-4-3-8(13(17)18)5-12(11)20-14/h3-5,9-10H,2,6-7H2,1H3,(H,15,16)(H,17,18). The number of oxazole rings is 1. The Morgan fingerprint density at radius 2 is 2.35 bits per heavy atom. The van der Waals surface area contributed by atoms with Gasteiger partial charge in [0.1, 0.15) is 5.52 Å². The number of nitrogens with zero attached hydrogens (tertiary/aromatic N) is 1. The summed E-state index contributed by atoms with van der Waals surface area (Å²) in [5.74, 6) is -0.976. The zero-order valence-electron chi connectivity index (χ0n) is 11.1. The van der Waals surface area contributed by atoms with Crippen LogP contribution in [0, 0.1) is 0 Å². The number of nitrogens with one attached hydrogen (secondary N) is 1. The Morgan fingerprint density at radius 3 is 3.05 bits per heavy atom. The van der Waals surface area contributed by atoms with Crippen molar-refractivity contribution in [1.82, 2.24) is 4.98 Å². The molecule has 6 heteroatoms. The maximum atomic E-state index is 10.9. The number of aromatic nitrogens is 1. The van der Waals surface area contributed by atoms with Gasteiger partial charge in [0, 0.05) is 12.6 Å². The van der Waals surface area contributed by atoms with Crippen molar-refractivity contribution in [2.75, 3.05) is 11.9 Å². The van der Waals surface area contributed by atoms with Gasteiger partial charge in [-0.15, -0.1) is 0 Å². The molecule has 20 heavy (non-hydrogen) atoms. The van der Waals surface area contributed by atoms with Gasteiger partial charge in [-0.05, 0) is 38.0 Å². The molecule has 6 nitrogen and oxygen atoms in total. The molecular formula is C14H16N2O4. The average Bonchev–Trinajstić information content (AvgIpc) is 2.77. The van der Waals surface area contributed by atoms with Crippen molar-refractivity contribution in [3.63, 3.8) is 0 Å². The van der Waals surface area contributed by atoms with E-state index in [9.17, 15) is 4.79 Å². The number of aromatic carboxylic acids is 1. The maximum Gasteiger partial charge on any atom is 0.335 e. The van der Waals surface area contributed by atoms with Crippen LogP contribution in [0.3, 0.4) is 0 Å². The summed E-state index contributed by atoms with van der Waals surface area (Å²) >= 11 is 0. The lowest BCUT2D eigenvalue weighted by atomic mass is 9.89. The molecule has 1 aromatic heterocycles. The van der Waals surface area contributed by atoms with E-state index in [1.807, 2.05) is 6.92 Å². The van der Waals surface area contributed by atoms with Crippen LogP contribution in [0.1, 0.15) is 30.1 Å². The van der Waals surface area contributed by atoms with E-state index in [0.717, 1.165) is 19.4 Å². The van der Waals surface area contributed by atoms with E-state index in [1.165, 1.54) is 12.1 Å². The number of carboxylic acid groups (broad SMARTS) is 1.